The zero-order chi connectivity index (χ0) is 13.1. The summed E-state index contributed by atoms with van der Waals surface area (Å²) in [7, 11) is 0. The average molecular weight is 248 g/mol. The number of anilines is 1. The largest absolute Gasteiger partial charge is 0.508 e. The highest BCUT2D eigenvalue weighted by Crippen LogP contribution is 2.22. The van der Waals surface area contributed by atoms with Gasteiger partial charge < -0.3 is 15.3 Å². The molecule has 1 atom stereocenters. The molecule has 4 nitrogen and oxygen atoms in total. The summed E-state index contributed by atoms with van der Waals surface area (Å²) in [6, 6.07) is 5.11. The summed E-state index contributed by atoms with van der Waals surface area (Å²) >= 11 is 0. The molecule has 98 valence electrons. The van der Waals surface area contributed by atoms with Gasteiger partial charge in [-0.1, -0.05) is 13.0 Å². The van der Waals surface area contributed by atoms with Crippen molar-refractivity contribution in [2.45, 2.75) is 26.7 Å². The average Bonchev–Trinajstić information content (AvgIpc) is 2.34. The van der Waals surface area contributed by atoms with Crippen molar-refractivity contribution in [3.05, 3.63) is 23.8 Å². The molecule has 2 amide bonds. The Morgan fingerprint density at radius 2 is 2.28 bits per heavy atom. The Bertz CT molecular complexity index is 445. The van der Waals surface area contributed by atoms with Crippen LogP contribution in [0, 0.1) is 12.8 Å². The normalized spacial score (nSPS) is 19.7. The lowest BCUT2D eigenvalue weighted by atomic mass is 10.0. The van der Waals surface area contributed by atoms with E-state index in [9.17, 15) is 9.90 Å². The number of aryl methyl sites for hydroxylation is 1. The van der Waals surface area contributed by atoms with E-state index < -0.39 is 0 Å². The van der Waals surface area contributed by atoms with Gasteiger partial charge in [-0.05, 0) is 37.3 Å². The predicted molar refractivity (Wildman–Crippen MR) is 71.8 cm³/mol. The van der Waals surface area contributed by atoms with Gasteiger partial charge >= 0.3 is 6.03 Å². The molecule has 1 aromatic rings. The Morgan fingerprint density at radius 1 is 1.50 bits per heavy atom. The predicted octanol–water partition coefficient (Wildman–Crippen LogP) is 2.96. The van der Waals surface area contributed by atoms with Crippen LogP contribution in [0.25, 0.3) is 0 Å². The molecule has 2 rings (SSSR count). The summed E-state index contributed by atoms with van der Waals surface area (Å²) in [6.45, 7) is 5.61. The first-order valence-electron chi connectivity index (χ1n) is 6.42. The highest BCUT2D eigenvalue weighted by molar-refractivity contribution is 5.89. The number of hydrogen-bond donors (Lipinski definition) is 2. The molecule has 0 spiro atoms. The van der Waals surface area contributed by atoms with Crippen LogP contribution in [0.5, 0.6) is 5.75 Å². The summed E-state index contributed by atoms with van der Waals surface area (Å²) in [5.74, 6) is 0.774. The molecule has 4 heteroatoms. The zero-order valence-electron chi connectivity index (χ0n) is 10.9. The van der Waals surface area contributed by atoms with Crippen molar-refractivity contribution in [1.29, 1.82) is 0 Å². The third-order valence-corrected chi connectivity index (χ3v) is 3.40. The summed E-state index contributed by atoms with van der Waals surface area (Å²) in [5, 5.41) is 12.4. The van der Waals surface area contributed by atoms with E-state index in [-0.39, 0.29) is 11.8 Å². The number of aromatic hydroxyl groups is 1. The molecule has 18 heavy (non-hydrogen) atoms. The fourth-order valence-corrected chi connectivity index (χ4v) is 2.26. The maximum Gasteiger partial charge on any atom is 0.321 e. The molecule has 1 aromatic carbocycles. The van der Waals surface area contributed by atoms with E-state index in [1.54, 1.807) is 18.2 Å². The van der Waals surface area contributed by atoms with Gasteiger partial charge in [0.1, 0.15) is 5.75 Å². The van der Waals surface area contributed by atoms with Gasteiger partial charge in [-0.25, -0.2) is 4.79 Å². The number of hydrogen-bond acceptors (Lipinski definition) is 2. The monoisotopic (exact) mass is 248 g/mol. The van der Waals surface area contributed by atoms with Crippen LogP contribution in [0.4, 0.5) is 10.5 Å². The van der Waals surface area contributed by atoms with Gasteiger partial charge in [-0.2, -0.15) is 0 Å². The minimum absolute atomic E-state index is 0.0789. The van der Waals surface area contributed by atoms with E-state index in [2.05, 4.69) is 12.2 Å². The third kappa shape index (κ3) is 2.94. The zero-order valence-corrected chi connectivity index (χ0v) is 10.9. The highest BCUT2D eigenvalue weighted by Gasteiger charge is 2.20. The van der Waals surface area contributed by atoms with E-state index in [1.165, 1.54) is 6.42 Å². The van der Waals surface area contributed by atoms with E-state index in [1.807, 2.05) is 11.8 Å². The molecular weight excluding hydrogens is 228 g/mol. The van der Waals surface area contributed by atoms with Crippen LogP contribution in [0.1, 0.15) is 25.3 Å². The smallest absolute Gasteiger partial charge is 0.321 e. The van der Waals surface area contributed by atoms with Gasteiger partial charge in [0.25, 0.3) is 0 Å². The van der Waals surface area contributed by atoms with Crippen molar-refractivity contribution in [3.63, 3.8) is 0 Å². The molecule has 0 bridgehead atoms. The molecule has 1 fully saturated rings. The van der Waals surface area contributed by atoms with E-state index >= 15 is 0 Å². The van der Waals surface area contributed by atoms with Crippen molar-refractivity contribution in [2.24, 2.45) is 5.92 Å². The molecule has 2 N–H and O–H groups in total. The maximum atomic E-state index is 12.0. The summed E-state index contributed by atoms with van der Waals surface area (Å²) in [5.41, 5.74) is 1.45. The number of benzene rings is 1. The molecule has 0 radical (unpaired) electrons. The van der Waals surface area contributed by atoms with Crippen LogP contribution in [-0.2, 0) is 0 Å². The molecule has 1 saturated heterocycles. The molecular formula is C14H20N2O2. The van der Waals surface area contributed by atoms with Crippen LogP contribution >= 0.6 is 0 Å². The Balaban J connectivity index is 2.00. The number of piperidine rings is 1. The lowest BCUT2D eigenvalue weighted by molar-refractivity contribution is 0.182. The van der Waals surface area contributed by atoms with Crippen LogP contribution < -0.4 is 5.32 Å². The van der Waals surface area contributed by atoms with Crippen molar-refractivity contribution in [1.82, 2.24) is 4.90 Å². The second-order valence-electron chi connectivity index (χ2n) is 5.12. The van der Waals surface area contributed by atoms with Crippen molar-refractivity contribution < 1.29 is 9.90 Å². The Labute approximate surface area is 108 Å². The van der Waals surface area contributed by atoms with E-state index in [0.717, 1.165) is 25.1 Å². The number of likely N-dealkylation sites (tertiary alicyclic amines) is 1. The van der Waals surface area contributed by atoms with Crippen LogP contribution in [0.15, 0.2) is 18.2 Å². The summed E-state index contributed by atoms with van der Waals surface area (Å²) in [6.07, 6.45) is 2.25. The third-order valence-electron chi connectivity index (χ3n) is 3.40. The van der Waals surface area contributed by atoms with Crippen molar-refractivity contribution in [3.8, 4) is 5.75 Å². The number of carbonyl (C=O) groups is 1. The van der Waals surface area contributed by atoms with E-state index in [4.69, 9.17) is 0 Å². The lowest BCUT2D eigenvalue weighted by Crippen LogP contribution is -2.41. The molecule has 1 aliphatic rings. The number of carbonyl (C=O) groups excluding carboxylic acids is 1. The maximum absolute atomic E-state index is 12.0. The first-order chi connectivity index (χ1) is 8.56. The molecule has 1 aliphatic heterocycles. The Hall–Kier alpha value is -1.71. The number of phenolic OH excluding ortho intramolecular Hbond substituents is 1. The molecule has 0 aromatic heterocycles. The fraction of sp³-hybridized carbons (Fsp3) is 0.500. The topological polar surface area (TPSA) is 52.6 Å². The number of phenols is 1. The summed E-state index contributed by atoms with van der Waals surface area (Å²) < 4.78 is 0. The van der Waals surface area contributed by atoms with Gasteiger partial charge in [0.15, 0.2) is 0 Å². The Kier molecular flexibility index (Phi) is 3.75. The van der Waals surface area contributed by atoms with Crippen molar-refractivity contribution in [2.75, 3.05) is 18.4 Å². The van der Waals surface area contributed by atoms with Crippen molar-refractivity contribution >= 4 is 11.7 Å². The van der Waals surface area contributed by atoms with Gasteiger partial charge in [0.2, 0.25) is 0 Å². The minimum Gasteiger partial charge on any atom is -0.508 e. The highest BCUT2D eigenvalue weighted by atomic mass is 16.3. The molecule has 0 aliphatic carbocycles. The molecule has 1 heterocycles. The standard InChI is InChI=1S/C14H20N2O2/c1-10-4-3-7-16(9-10)14(18)15-12-6-5-11(2)13(17)8-12/h5-6,8,10,17H,3-4,7,9H2,1-2H3,(H,15,18). The molecule has 1 unspecified atom stereocenters. The number of rotatable bonds is 1. The summed E-state index contributed by atoms with van der Waals surface area (Å²) in [4.78, 5) is 13.9. The van der Waals surface area contributed by atoms with Gasteiger partial charge in [0, 0.05) is 24.8 Å². The van der Waals surface area contributed by atoms with Crippen LogP contribution in [0.2, 0.25) is 0 Å². The number of urea groups is 1. The number of nitrogens with zero attached hydrogens (tertiary/aromatic N) is 1. The minimum atomic E-state index is -0.0789. The van der Waals surface area contributed by atoms with E-state index in [0.29, 0.717) is 11.6 Å². The number of amides is 2. The fourth-order valence-electron chi connectivity index (χ4n) is 2.26. The Morgan fingerprint density at radius 3 is 2.94 bits per heavy atom. The molecule has 0 saturated carbocycles. The first-order valence-corrected chi connectivity index (χ1v) is 6.42. The van der Waals surface area contributed by atoms with Crippen LogP contribution in [-0.4, -0.2) is 29.1 Å². The quantitative estimate of drug-likeness (QED) is 0.802. The lowest BCUT2D eigenvalue weighted by Gasteiger charge is -2.30. The van der Waals surface area contributed by atoms with Gasteiger partial charge in [0.05, 0.1) is 0 Å². The first kappa shape index (κ1) is 12.7. The second-order valence-corrected chi connectivity index (χ2v) is 5.12. The van der Waals surface area contributed by atoms with Crippen LogP contribution in [0.3, 0.4) is 0 Å². The van der Waals surface area contributed by atoms with Gasteiger partial charge in [-0.15, -0.1) is 0 Å². The number of nitrogens with one attached hydrogen (secondary N) is 1. The van der Waals surface area contributed by atoms with Gasteiger partial charge in [-0.3, -0.25) is 0 Å². The SMILES string of the molecule is Cc1ccc(NC(=O)N2CCCC(C)C2)cc1O. The second kappa shape index (κ2) is 5.29.